The number of oxazole rings is 1. The Morgan fingerprint density at radius 1 is 1.36 bits per heavy atom. The molecule has 0 aliphatic carbocycles. The molecule has 0 bridgehead atoms. The zero-order valence-corrected chi connectivity index (χ0v) is 13.6. The first kappa shape index (κ1) is 14.6. The van der Waals surface area contributed by atoms with E-state index in [0.717, 1.165) is 30.4 Å². The van der Waals surface area contributed by atoms with Crippen molar-refractivity contribution in [3.8, 4) is 0 Å². The summed E-state index contributed by atoms with van der Waals surface area (Å²) >= 11 is 0. The van der Waals surface area contributed by atoms with Gasteiger partial charge in [0.1, 0.15) is 17.0 Å². The van der Waals surface area contributed by atoms with E-state index in [0.29, 0.717) is 37.3 Å². The van der Waals surface area contributed by atoms with E-state index >= 15 is 0 Å². The van der Waals surface area contributed by atoms with Crippen LogP contribution in [0.15, 0.2) is 29.1 Å². The molecule has 8 nitrogen and oxygen atoms in total. The second kappa shape index (κ2) is 5.66. The van der Waals surface area contributed by atoms with Crippen LogP contribution in [-0.4, -0.2) is 50.1 Å². The Hall–Kier alpha value is -2.74. The second-order valence-electron chi connectivity index (χ2n) is 6.41. The molecule has 0 saturated carbocycles. The second-order valence-corrected chi connectivity index (χ2v) is 6.41. The van der Waals surface area contributed by atoms with Gasteiger partial charge in [-0.25, -0.2) is 14.5 Å². The molecule has 5 rings (SSSR count). The third-order valence-corrected chi connectivity index (χ3v) is 4.82. The first-order valence-electron chi connectivity index (χ1n) is 8.43. The Bertz CT molecular complexity index is 941. The molecule has 0 aromatic carbocycles. The number of hydrogen-bond acceptors (Lipinski definition) is 6. The SMILES string of the molecule is O=C(c1cnn2cccnc12)N1CCc2oc(C3CCOC3)nc2C1. The number of amides is 1. The van der Waals surface area contributed by atoms with Crippen molar-refractivity contribution < 1.29 is 13.9 Å². The first-order chi connectivity index (χ1) is 12.3. The van der Waals surface area contributed by atoms with Crippen molar-refractivity contribution in [3.05, 3.63) is 47.6 Å². The van der Waals surface area contributed by atoms with Gasteiger partial charge in [-0.05, 0) is 12.5 Å². The molecule has 2 aliphatic heterocycles. The largest absolute Gasteiger partial charge is 0.445 e. The van der Waals surface area contributed by atoms with Gasteiger partial charge < -0.3 is 14.1 Å². The van der Waals surface area contributed by atoms with Crippen LogP contribution in [-0.2, 0) is 17.7 Å². The molecular weight excluding hydrogens is 322 g/mol. The van der Waals surface area contributed by atoms with Crippen LogP contribution in [0.25, 0.3) is 5.65 Å². The lowest BCUT2D eigenvalue weighted by atomic mass is 10.1. The fourth-order valence-corrected chi connectivity index (χ4v) is 3.44. The van der Waals surface area contributed by atoms with Gasteiger partial charge in [0, 0.05) is 32.0 Å². The summed E-state index contributed by atoms with van der Waals surface area (Å²) in [6.45, 7) is 2.47. The predicted octanol–water partition coefficient (Wildman–Crippen LogP) is 1.42. The standard InChI is InChI=1S/C17H17N5O3/c23-17(12-8-19-22-5-1-4-18-15(12)22)21-6-2-14-13(9-21)20-16(25-14)11-3-7-24-10-11/h1,4-5,8,11H,2-3,6-7,9-10H2. The number of carbonyl (C=O) groups excluding carboxylic acids is 1. The normalized spacial score (nSPS) is 20.2. The molecular formula is C17H17N5O3. The Labute approximate surface area is 143 Å². The zero-order chi connectivity index (χ0) is 16.8. The lowest BCUT2D eigenvalue weighted by Gasteiger charge is -2.24. The molecule has 8 heteroatoms. The predicted molar refractivity (Wildman–Crippen MR) is 86.1 cm³/mol. The van der Waals surface area contributed by atoms with E-state index in [4.69, 9.17) is 9.15 Å². The van der Waals surface area contributed by atoms with E-state index in [1.807, 2.05) is 0 Å². The molecule has 2 aliphatic rings. The third-order valence-electron chi connectivity index (χ3n) is 4.82. The van der Waals surface area contributed by atoms with Crippen LogP contribution in [0.3, 0.4) is 0 Å². The molecule has 1 amide bonds. The van der Waals surface area contributed by atoms with E-state index in [1.54, 1.807) is 34.1 Å². The van der Waals surface area contributed by atoms with E-state index in [2.05, 4.69) is 15.1 Å². The zero-order valence-electron chi connectivity index (χ0n) is 13.6. The Balaban J connectivity index is 1.40. The number of aromatic nitrogens is 4. The quantitative estimate of drug-likeness (QED) is 0.702. The van der Waals surface area contributed by atoms with Crippen LogP contribution in [0.2, 0.25) is 0 Å². The summed E-state index contributed by atoms with van der Waals surface area (Å²) in [6.07, 6.45) is 6.63. The average Bonchev–Trinajstić information content (AvgIpc) is 3.38. The first-order valence-corrected chi connectivity index (χ1v) is 8.43. The fraction of sp³-hybridized carbons (Fsp3) is 0.412. The van der Waals surface area contributed by atoms with E-state index in [9.17, 15) is 4.79 Å². The van der Waals surface area contributed by atoms with Gasteiger partial charge in [0.2, 0.25) is 0 Å². The van der Waals surface area contributed by atoms with Gasteiger partial charge in [0.25, 0.3) is 5.91 Å². The van der Waals surface area contributed by atoms with Gasteiger partial charge in [0.05, 0.1) is 25.3 Å². The summed E-state index contributed by atoms with van der Waals surface area (Å²) in [5, 5.41) is 4.19. The summed E-state index contributed by atoms with van der Waals surface area (Å²) in [7, 11) is 0. The Morgan fingerprint density at radius 2 is 2.32 bits per heavy atom. The van der Waals surface area contributed by atoms with Crippen LogP contribution < -0.4 is 0 Å². The van der Waals surface area contributed by atoms with E-state index in [1.165, 1.54) is 0 Å². The highest BCUT2D eigenvalue weighted by Crippen LogP contribution is 2.29. The fourth-order valence-electron chi connectivity index (χ4n) is 3.44. The highest BCUT2D eigenvalue weighted by atomic mass is 16.5. The monoisotopic (exact) mass is 339 g/mol. The van der Waals surface area contributed by atoms with Crippen molar-refractivity contribution in [1.29, 1.82) is 0 Å². The topological polar surface area (TPSA) is 85.8 Å². The maximum atomic E-state index is 12.9. The summed E-state index contributed by atoms with van der Waals surface area (Å²) < 4.78 is 12.9. The van der Waals surface area contributed by atoms with E-state index < -0.39 is 0 Å². The minimum atomic E-state index is -0.0758. The van der Waals surface area contributed by atoms with E-state index in [-0.39, 0.29) is 11.8 Å². The summed E-state index contributed by atoms with van der Waals surface area (Å²) in [5.74, 6) is 1.80. The number of ether oxygens (including phenoxy) is 1. The van der Waals surface area contributed by atoms with Gasteiger partial charge in [0.15, 0.2) is 11.5 Å². The van der Waals surface area contributed by atoms with Crippen molar-refractivity contribution in [2.75, 3.05) is 19.8 Å². The van der Waals surface area contributed by atoms with Crippen molar-refractivity contribution in [3.63, 3.8) is 0 Å². The molecule has 1 atom stereocenters. The van der Waals surface area contributed by atoms with Crippen molar-refractivity contribution in [1.82, 2.24) is 24.5 Å². The van der Waals surface area contributed by atoms with Crippen molar-refractivity contribution >= 4 is 11.6 Å². The Morgan fingerprint density at radius 3 is 3.20 bits per heavy atom. The minimum absolute atomic E-state index is 0.0758. The van der Waals surface area contributed by atoms with Crippen LogP contribution in [0.5, 0.6) is 0 Å². The van der Waals surface area contributed by atoms with Crippen LogP contribution >= 0.6 is 0 Å². The maximum Gasteiger partial charge on any atom is 0.259 e. The van der Waals surface area contributed by atoms with Crippen LogP contribution in [0, 0.1) is 0 Å². The molecule has 128 valence electrons. The van der Waals surface area contributed by atoms with Gasteiger partial charge in [-0.3, -0.25) is 4.79 Å². The van der Waals surface area contributed by atoms with Gasteiger partial charge in [-0.2, -0.15) is 5.10 Å². The molecule has 0 spiro atoms. The molecule has 3 aromatic heterocycles. The summed E-state index contributed by atoms with van der Waals surface area (Å²) in [6, 6.07) is 1.78. The maximum absolute atomic E-state index is 12.9. The van der Waals surface area contributed by atoms with Crippen LogP contribution in [0.1, 0.15) is 40.0 Å². The van der Waals surface area contributed by atoms with Crippen molar-refractivity contribution in [2.24, 2.45) is 0 Å². The molecule has 3 aromatic rings. The molecule has 0 radical (unpaired) electrons. The van der Waals surface area contributed by atoms with Gasteiger partial charge in [-0.1, -0.05) is 0 Å². The molecule has 1 saturated heterocycles. The average molecular weight is 339 g/mol. The number of hydrogen-bond donors (Lipinski definition) is 0. The smallest absolute Gasteiger partial charge is 0.259 e. The molecule has 5 heterocycles. The number of nitrogens with zero attached hydrogens (tertiary/aromatic N) is 5. The summed E-state index contributed by atoms with van der Waals surface area (Å²) in [5.41, 5.74) is 1.94. The van der Waals surface area contributed by atoms with Crippen molar-refractivity contribution in [2.45, 2.75) is 25.3 Å². The highest BCUT2D eigenvalue weighted by molar-refractivity contribution is 5.99. The number of carbonyl (C=O) groups is 1. The summed E-state index contributed by atoms with van der Waals surface area (Å²) in [4.78, 5) is 23.6. The lowest BCUT2D eigenvalue weighted by Crippen LogP contribution is -2.35. The molecule has 0 N–H and O–H groups in total. The Kier molecular flexibility index (Phi) is 3.30. The molecule has 1 fully saturated rings. The number of fused-ring (bicyclic) bond motifs is 2. The molecule has 25 heavy (non-hydrogen) atoms. The lowest BCUT2D eigenvalue weighted by molar-refractivity contribution is 0.0729. The number of rotatable bonds is 2. The minimum Gasteiger partial charge on any atom is -0.445 e. The van der Waals surface area contributed by atoms with Gasteiger partial charge >= 0.3 is 0 Å². The molecule has 1 unspecified atom stereocenters. The highest BCUT2D eigenvalue weighted by Gasteiger charge is 2.30. The van der Waals surface area contributed by atoms with Crippen LogP contribution in [0.4, 0.5) is 0 Å². The third kappa shape index (κ3) is 2.41. The van der Waals surface area contributed by atoms with Gasteiger partial charge in [-0.15, -0.1) is 0 Å².